The molecule has 3 rings (SSSR count). The van der Waals surface area contributed by atoms with Crippen molar-refractivity contribution < 1.29 is 22.7 Å². The normalized spacial score (nSPS) is 19.4. The lowest BCUT2D eigenvalue weighted by atomic mass is 9.79. The maximum Gasteiger partial charge on any atom is 0.253 e. The van der Waals surface area contributed by atoms with Crippen molar-refractivity contribution in [3.63, 3.8) is 0 Å². The predicted molar refractivity (Wildman–Crippen MR) is 120 cm³/mol. The Balaban J connectivity index is 1.82. The first-order valence-electron chi connectivity index (χ1n) is 10.7. The van der Waals surface area contributed by atoms with Crippen LogP contribution < -0.4 is 15.4 Å². The van der Waals surface area contributed by atoms with Gasteiger partial charge in [-0.25, -0.2) is 8.42 Å². The highest BCUT2D eigenvalue weighted by Crippen LogP contribution is 2.34. The topological polar surface area (TPSA) is 117 Å². The first-order chi connectivity index (χ1) is 14.7. The number of anilines is 2. The number of nitrogens with one attached hydrogen (secondary N) is 3. The summed E-state index contributed by atoms with van der Waals surface area (Å²) in [6.07, 6.45) is 6.48. The molecule has 172 valence electrons. The number of carbonyl (C=O) groups is 2. The summed E-state index contributed by atoms with van der Waals surface area (Å²) in [5, 5.41) is 5.68. The minimum Gasteiger partial charge on any atom is -0.379 e. The molecule has 31 heavy (non-hydrogen) atoms. The van der Waals surface area contributed by atoms with Crippen LogP contribution in [-0.4, -0.2) is 69.8 Å². The lowest BCUT2D eigenvalue weighted by Gasteiger charge is -2.48. The Morgan fingerprint density at radius 1 is 1.13 bits per heavy atom. The number of amides is 2. The van der Waals surface area contributed by atoms with Gasteiger partial charge in [-0.3, -0.25) is 19.2 Å². The second-order valence-corrected chi connectivity index (χ2v) is 10.1. The van der Waals surface area contributed by atoms with Gasteiger partial charge in [0, 0.05) is 37.8 Å². The van der Waals surface area contributed by atoms with Gasteiger partial charge >= 0.3 is 0 Å². The van der Waals surface area contributed by atoms with Crippen molar-refractivity contribution in [1.29, 1.82) is 0 Å². The summed E-state index contributed by atoms with van der Waals surface area (Å²) < 4.78 is 31.4. The van der Waals surface area contributed by atoms with E-state index in [-0.39, 0.29) is 28.6 Å². The molecule has 0 unspecified atom stereocenters. The van der Waals surface area contributed by atoms with E-state index < -0.39 is 10.0 Å². The van der Waals surface area contributed by atoms with Gasteiger partial charge in [-0.1, -0.05) is 19.3 Å². The molecule has 0 spiro atoms. The first kappa shape index (κ1) is 23.5. The first-order valence-corrected chi connectivity index (χ1v) is 12.6. The van der Waals surface area contributed by atoms with Crippen molar-refractivity contribution in [2.75, 3.05) is 49.1 Å². The van der Waals surface area contributed by atoms with Gasteiger partial charge in [-0.15, -0.1) is 0 Å². The number of hydrogen-bond acceptors (Lipinski definition) is 6. The largest absolute Gasteiger partial charge is 0.379 e. The predicted octanol–water partition coefficient (Wildman–Crippen LogP) is 1.78. The van der Waals surface area contributed by atoms with E-state index in [0.29, 0.717) is 25.4 Å². The van der Waals surface area contributed by atoms with Gasteiger partial charge in [-0.2, -0.15) is 0 Å². The minimum atomic E-state index is -3.57. The lowest BCUT2D eigenvalue weighted by molar-refractivity contribution is -0.114. The number of sulfonamides is 1. The molecule has 1 aliphatic heterocycles. The number of hydrogen-bond donors (Lipinski definition) is 3. The molecule has 0 aromatic heterocycles. The van der Waals surface area contributed by atoms with Crippen LogP contribution in [0.2, 0.25) is 0 Å². The fraction of sp³-hybridized carbons (Fsp3) is 0.619. The van der Waals surface area contributed by atoms with Crippen LogP contribution in [0.3, 0.4) is 0 Å². The quantitative estimate of drug-likeness (QED) is 0.581. The van der Waals surface area contributed by atoms with Crippen molar-refractivity contribution in [3.05, 3.63) is 23.8 Å². The average Bonchev–Trinajstić information content (AvgIpc) is 2.73. The molecule has 9 nitrogen and oxygen atoms in total. The third kappa shape index (κ3) is 6.41. The number of ether oxygens (including phenoxy) is 1. The third-order valence-corrected chi connectivity index (χ3v) is 6.51. The Kier molecular flexibility index (Phi) is 7.55. The Morgan fingerprint density at radius 3 is 2.42 bits per heavy atom. The smallest absolute Gasteiger partial charge is 0.253 e. The van der Waals surface area contributed by atoms with E-state index in [1.807, 2.05) is 0 Å². The highest BCUT2D eigenvalue weighted by Gasteiger charge is 2.39. The van der Waals surface area contributed by atoms with Crippen LogP contribution in [0.15, 0.2) is 18.2 Å². The summed E-state index contributed by atoms with van der Waals surface area (Å²) >= 11 is 0. The zero-order chi connectivity index (χ0) is 22.5. The van der Waals surface area contributed by atoms with Crippen LogP contribution in [-0.2, 0) is 19.6 Å². The van der Waals surface area contributed by atoms with Crippen LogP contribution in [0, 0.1) is 0 Å². The molecule has 2 aliphatic rings. The zero-order valence-electron chi connectivity index (χ0n) is 18.2. The monoisotopic (exact) mass is 452 g/mol. The molecule has 1 saturated carbocycles. The molecule has 0 atom stereocenters. The molecular weight excluding hydrogens is 420 g/mol. The SMILES string of the molecule is CC(=O)Nc1ccc(NS(C)(=O)=O)c(C(=O)NCC2(N3CCOCC3)CCCCC2)c1. The van der Waals surface area contributed by atoms with Crippen LogP contribution >= 0.6 is 0 Å². The average molecular weight is 453 g/mol. The third-order valence-electron chi connectivity index (χ3n) is 5.92. The Morgan fingerprint density at radius 2 is 1.81 bits per heavy atom. The number of carbonyl (C=O) groups excluding carboxylic acids is 2. The van der Waals surface area contributed by atoms with Gasteiger partial charge in [0.2, 0.25) is 15.9 Å². The maximum absolute atomic E-state index is 13.2. The molecule has 0 radical (unpaired) electrons. The van der Waals surface area contributed by atoms with Gasteiger partial charge in [0.25, 0.3) is 5.91 Å². The van der Waals surface area contributed by atoms with Gasteiger partial charge < -0.3 is 15.4 Å². The Labute approximate surface area is 184 Å². The summed E-state index contributed by atoms with van der Waals surface area (Å²) in [7, 11) is -3.57. The fourth-order valence-corrected chi connectivity index (χ4v) is 5.07. The van der Waals surface area contributed by atoms with Gasteiger partial charge in [0.15, 0.2) is 0 Å². The second-order valence-electron chi connectivity index (χ2n) is 8.38. The van der Waals surface area contributed by atoms with Crippen LogP contribution in [0.5, 0.6) is 0 Å². The summed E-state index contributed by atoms with van der Waals surface area (Å²) in [4.78, 5) is 27.0. The molecule has 1 aromatic carbocycles. The van der Waals surface area contributed by atoms with E-state index in [1.54, 1.807) is 6.07 Å². The number of rotatable bonds is 7. The van der Waals surface area contributed by atoms with Crippen molar-refractivity contribution in [2.24, 2.45) is 0 Å². The van der Waals surface area contributed by atoms with Crippen molar-refractivity contribution in [2.45, 2.75) is 44.6 Å². The standard InChI is InChI=1S/C21H32N4O5S/c1-16(26)23-17-6-7-19(24-31(2,28)29)18(14-17)20(27)22-15-21(8-4-3-5-9-21)25-10-12-30-13-11-25/h6-7,14,24H,3-5,8-13,15H2,1-2H3,(H,22,27)(H,23,26). The van der Waals surface area contributed by atoms with Crippen LogP contribution in [0.1, 0.15) is 49.4 Å². The van der Waals surface area contributed by atoms with E-state index in [1.165, 1.54) is 25.5 Å². The summed E-state index contributed by atoms with van der Waals surface area (Å²) in [6, 6.07) is 4.54. The summed E-state index contributed by atoms with van der Waals surface area (Å²) in [5.74, 6) is -0.653. The van der Waals surface area contributed by atoms with Crippen LogP contribution in [0.4, 0.5) is 11.4 Å². The molecule has 2 amide bonds. The molecular formula is C21H32N4O5S. The van der Waals surface area contributed by atoms with E-state index in [0.717, 1.165) is 45.0 Å². The highest BCUT2D eigenvalue weighted by molar-refractivity contribution is 7.92. The minimum absolute atomic E-state index is 0.114. The Bertz CT molecular complexity index is 906. The van der Waals surface area contributed by atoms with Crippen molar-refractivity contribution in [3.8, 4) is 0 Å². The molecule has 1 saturated heterocycles. The lowest BCUT2D eigenvalue weighted by Crippen LogP contribution is -2.59. The van der Waals surface area contributed by atoms with E-state index in [4.69, 9.17) is 4.74 Å². The van der Waals surface area contributed by atoms with Gasteiger partial charge in [0.05, 0.1) is 30.7 Å². The Hall–Kier alpha value is -2.17. The molecule has 10 heteroatoms. The number of nitrogens with zero attached hydrogens (tertiary/aromatic N) is 1. The molecule has 2 fully saturated rings. The molecule has 1 aromatic rings. The second kappa shape index (κ2) is 9.97. The van der Waals surface area contributed by atoms with Gasteiger partial charge in [0.1, 0.15) is 0 Å². The molecule has 0 bridgehead atoms. The van der Waals surface area contributed by atoms with Crippen LogP contribution in [0.25, 0.3) is 0 Å². The zero-order valence-corrected chi connectivity index (χ0v) is 19.0. The highest BCUT2D eigenvalue weighted by atomic mass is 32.2. The maximum atomic E-state index is 13.2. The molecule has 3 N–H and O–H groups in total. The van der Waals surface area contributed by atoms with E-state index in [9.17, 15) is 18.0 Å². The summed E-state index contributed by atoms with van der Waals surface area (Å²) in [5.41, 5.74) is 0.664. The van der Waals surface area contributed by atoms with Crippen molar-refractivity contribution >= 4 is 33.2 Å². The van der Waals surface area contributed by atoms with Crippen molar-refractivity contribution in [1.82, 2.24) is 10.2 Å². The van der Waals surface area contributed by atoms with Gasteiger partial charge in [-0.05, 0) is 31.0 Å². The molecule has 1 heterocycles. The van der Waals surface area contributed by atoms with E-state index >= 15 is 0 Å². The summed E-state index contributed by atoms with van der Waals surface area (Å²) in [6.45, 7) is 4.92. The molecule has 1 aliphatic carbocycles. The fourth-order valence-electron chi connectivity index (χ4n) is 4.49. The number of benzene rings is 1. The van der Waals surface area contributed by atoms with E-state index in [2.05, 4.69) is 20.3 Å². The number of morpholine rings is 1.